The minimum atomic E-state index is -0.0339. The van der Waals surface area contributed by atoms with Crippen LogP contribution in [0.4, 0.5) is 0 Å². The average molecular weight is 166 g/mol. The van der Waals surface area contributed by atoms with E-state index in [9.17, 15) is 4.79 Å². The first-order valence-electron chi connectivity index (χ1n) is 4.21. The second kappa shape index (κ2) is 4.13. The van der Waals surface area contributed by atoms with E-state index in [1.54, 1.807) is 0 Å². The molecular formula is C9H14N2O. The highest BCUT2D eigenvalue weighted by molar-refractivity contribution is 5.83. The molecule has 2 atom stereocenters. The number of carbonyl (C=O) groups excluding carboxylic acids is 1. The van der Waals surface area contributed by atoms with Gasteiger partial charge in [-0.1, -0.05) is 0 Å². The molecule has 12 heavy (non-hydrogen) atoms. The molecule has 1 rings (SSSR count). The summed E-state index contributed by atoms with van der Waals surface area (Å²) in [4.78, 5) is 11.1. The van der Waals surface area contributed by atoms with Gasteiger partial charge in [0.1, 0.15) is 0 Å². The van der Waals surface area contributed by atoms with E-state index in [2.05, 4.69) is 16.6 Å². The Bertz CT molecular complexity index is 207. The van der Waals surface area contributed by atoms with E-state index >= 15 is 0 Å². The minimum Gasteiger partial charge on any atom is -0.355 e. The summed E-state index contributed by atoms with van der Waals surface area (Å²) in [6.07, 6.45) is 6.69. The van der Waals surface area contributed by atoms with E-state index in [1.807, 2.05) is 6.92 Å². The molecule has 3 heteroatoms. The molecule has 0 bridgehead atoms. The number of hydrogen-bond donors (Lipinski definition) is 2. The number of amides is 1. The van der Waals surface area contributed by atoms with Gasteiger partial charge < -0.3 is 10.6 Å². The van der Waals surface area contributed by atoms with Gasteiger partial charge in [0.2, 0.25) is 5.91 Å². The van der Waals surface area contributed by atoms with Crippen LogP contribution in [0.25, 0.3) is 0 Å². The molecule has 0 aliphatic carbocycles. The fraction of sp³-hybridized carbons (Fsp3) is 0.667. The molecule has 1 amide bonds. The summed E-state index contributed by atoms with van der Waals surface area (Å²) in [6, 6.07) is 0.192. The van der Waals surface area contributed by atoms with E-state index < -0.39 is 0 Å². The lowest BCUT2D eigenvalue weighted by Gasteiger charge is -2.14. The van der Waals surface area contributed by atoms with Crippen LogP contribution in [-0.2, 0) is 4.79 Å². The number of rotatable bonds is 3. The predicted molar refractivity (Wildman–Crippen MR) is 47.5 cm³/mol. The zero-order valence-corrected chi connectivity index (χ0v) is 7.26. The van der Waals surface area contributed by atoms with E-state index in [0.717, 1.165) is 13.0 Å². The quantitative estimate of drug-likeness (QED) is 0.574. The van der Waals surface area contributed by atoms with Gasteiger partial charge in [-0.2, -0.15) is 0 Å². The Balaban J connectivity index is 2.31. The highest BCUT2D eigenvalue weighted by Gasteiger charge is 2.24. The average Bonchev–Trinajstić information content (AvgIpc) is 2.37. The lowest BCUT2D eigenvalue weighted by Crippen LogP contribution is -2.41. The van der Waals surface area contributed by atoms with Crippen LogP contribution in [-0.4, -0.2) is 24.5 Å². The first-order valence-corrected chi connectivity index (χ1v) is 4.21. The maximum absolute atomic E-state index is 11.1. The summed E-state index contributed by atoms with van der Waals surface area (Å²) < 4.78 is 0. The van der Waals surface area contributed by atoms with Crippen molar-refractivity contribution in [3.63, 3.8) is 0 Å². The van der Waals surface area contributed by atoms with Crippen molar-refractivity contribution in [1.82, 2.24) is 10.6 Å². The van der Waals surface area contributed by atoms with Gasteiger partial charge in [-0.05, 0) is 13.3 Å². The summed E-state index contributed by atoms with van der Waals surface area (Å²) in [5, 5.41) is 5.94. The van der Waals surface area contributed by atoms with Crippen molar-refractivity contribution in [3.8, 4) is 12.3 Å². The van der Waals surface area contributed by atoms with Crippen molar-refractivity contribution in [2.75, 3.05) is 6.54 Å². The highest BCUT2D eigenvalue weighted by Crippen LogP contribution is 2.01. The Labute approximate surface area is 72.9 Å². The Morgan fingerprint density at radius 2 is 2.67 bits per heavy atom. The fourth-order valence-electron chi connectivity index (χ4n) is 1.33. The Morgan fingerprint density at radius 1 is 1.92 bits per heavy atom. The molecule has 1 aliphatic rings. The molecule has 1 saturated heterocycles. The number of nitrogens with one attached hydrogen (secondary N) is 2. The largest absolute Gasteiger partial charge is 0.355 e. The van der Waals surface area contributed by atoms with Gasteiger partial charge >= 0.3 is 0 Å². The van der Waals surface area contributed by atoms with Crippen LogP contribution in [0.2, 0.25) is 0 Å². The van der Waals surface area contributed by atoms with E-state index in [4.69, 9.17) is 6.42 Å². The van der Waals surface area contributed by atoms with E-state index in [1.165, 1.54) is 0 Å². The molecule has 0 saturated carbocycles. The maximum atomic E-state index is 11.1. The molecule has 0 aromatic heterocycles. The zero-order chi connectivity index (χ0) is 8.97. The molecule has 1 fully saturated rings. The summed E-state index contributed by atoms with van der Waals surface area (Å²) in [6.45, 7) is 2.77. The fourth-order valence-corrected chi connectivity index (χ4v) is 1.33. The smallest absolute Gasteiger partial charge is 0.237 e. The molecule has 0 radical (unpaired) electrons. The van der Waals surface area contributed by atoms with Gasteiger partial charge in [0.25, 0.3) is 0 Å². The second-order valence-electron chi connectivity index (χ2n) is 3.11. The normalized spacial score (nSPS) is 24.7. The first kappa shape index (κ1) is 9.08. The lowest BCUT2D eigenvalue weighted by molar-refractivity contribution is -0.121. The number of hydrogen-bond acceptors (Lipinski definition) is 2. The lowest BCUT2D eigenvalue weighted by atomic mass is 10.2. The van der Waals surface area contributed by atoms with Crippen LogP contribution in [0.5, 0.6) is 0 Å². The third-order valence-corrected chi connectivity index (χ3v) is 1.96. The van der Waals surface area contributed by atoms with Crippen molar-refractivity contribution in [2.45, 2.75) is 31.8 Å². The van der Waals surface area contributed by atoms with E-state index in [-0.39, 0.29) is 18.0 Å². The van der Waals surface area contributed by atoms with Crippen LogP contribution < -0.4 is 10.6 Å². The van der Waals surface area contributed by atoms with Crippen molar-refractivity contribution < 1.29 is 4.79 Å². The summed E-state index contributed by atoms with van der Waals surface area (Å²) in [5.74, 6) is 2.66. The standard InChI is InChI=1S/C9H14N2O/c1-3-4-7(2)11-8-5-6-10-9(8)12/h1,7-8,11H,4-6H2,2H3,(H,10,12). The molecule has 0 aromatic carbocycles. The molecule has 1 aliphatic heterocycles. The number of carbonyl (C=O) groups is 1. The van der Waals surface area contributed by atoms with Gasteiger partial charge in [0.05, 0.1) is 6.04 Å². The van der Waals surface area contributed by atoms with Crippen molar-refractivity contribution in [1.29, 1.82) is 0 Å². The Kier molecular flexibility index (Phi) is 3.12. The number of terminal acetylenes is 1. The van der Waals surface area contributed by atoms with Crippen LogP contribution in [0, 0.1) is 12.3 Å². The van der Waals surface area contributed by atoms with Gasteiger partial charge in [0.15, 0.2) is 0 Å². The topological polar surface area (TPSA) is 41.1 Å². The van der Waals surface area contributed by atoms with Crippen molar-refractivity contribution in [3.05, 3.63) is 0 Å². The van der Waals surface area contributed by atoms with Gasteiger partial charge in [-0.15, -0.1) is 12.3 Å². The Hall–Kier alpha value is -1.01. The SMILES string of the molecule is C#CCC(C)NC1CCNC1=O. The van der Waals surface area contributed by atoms with Gasteiger partial charge in [0, 0.05) is 19.0 Å². The van der Waals surface area contributed by atoms with Crippen LogP contribution >= 0.6 is 0 Å². The predicted octanol–water partition coefficient (Wildman–Crippen LogP) is -0.124. The molecule has 2 N–H and O–H groups in total. The summed E-state index contributed by atoms with van der Waals surface area (Å²) in [5.41, 5.74) is 0. The third-order valence-electron chi connectivity index (χ3n) is 1.96. The van der Waals surface area contributed by atoms with Gasteiger partial charge in [-0.3, -0.25) is 4.79 Å². The highest BCUT2D eigenvalue weighted by atomic mass is 16.2. The van der Waals surface area contributed by atoms with Crippen LogP contribution in [0.3, 0.4) is 0 Å². The Morgan fingerprint density at radius 3 is 3.17 bits per heavy atom. The second-order valence-corrected chi connectivity index (χ2v) is 3.11. The molecule has 2 unspecified atom stereocenters. The zero-order valence-electron chi connectivity index (χ0n) is 7.26. The van der Waals surface area contributed by atoms with E-state index in [0.29, 0.717) is 6.42 Å². The molecule has 66 valence electrons. The van der Waals surface area contributed by atoms with Crippen molar-refractivity contribution in [2.24, 2.45) is 0 Å². The molecule has 3 nitrogen and oxygen atoms in total. The monoisotopic (exact) mass is 166 g/mol. The summed E-state index contributed by atoms with van der Waals surface area (Å²) in [7, 11) is 0. The van der Waals surface area contributed by atoms with Gasteiger partial charge in [-0.25, -0.2) is 0 Å². The van der Waals surface area contributed by atoms with Crippen molar-refractivity contribution >= 4 is 5.91 Å². The maximum Gasteiger partial charge on any atom is 0.237 e. The first-order chi connectivity index (χ1) is 5.74. The van der Waals surface area contributed by atoms with Crippen LogP contribution in [0.1, 0.15) is 19.8 Å². The third kappa shape index (κ3) is 2.24. The van der Waals surface area contributed by atoms with Crippen LogP contribution in [0.15, 0.2) is 0 Å². The molecule has 0 spiro atoms. The minimum absolute atomic E-state index is 0.0339. The molecule has 0 aromatic rings. The summed E-state index contributed by atoms with van der Waals surface area (Å²) >= 11 is 0. The molecular weight excluding hydrogens is 152 g/mol. The molecule has 1 heterocycles.